The van der Waals surface area contributed by atoms with Crippen LogP contribution >= 0.6 is 11.6 Å². The lowest BCUT2D eigenvalue weighted by molar-refractivity contribution is 0.609. The largest absolute Gasteiger partial charge is 0.361 e. The molecule has 4 nitrogen and oxygen atoms in total. The number of nitrogens with one attached hydrogen (secondary N) is 2. The van der Waals surface area contributed by atoms with Crippen molar-refractivity contribution in [3.63, 3.8) is 0 Å². The molecular formula is C16H13ClN2O2S. The van der Waals surface area contributed by atoms with Crippen molar-refractivity contribution >= 4 is 44.3 Å². The van der Waals surface area contributed by atoms with Gasteiger partial charge in [0.1, 0.15) is 0 Å². The fourth-order valence-electron chi connectivity index (χ4n) is 2.09. The van der Waals surface area contributed by atoms with E-state index >= 15 is 0 Å². The van der Waals surface area contributed by atoms with Crippen molar-refractivity contribution in [2.75, 3.05) is 4.72 Å². The number of hydrogen-bond acceptors (Lipinski definition) is 2. The summed E-state index contributed by atoms with van der Waals surface area (Å²) in [5, 5.41) is 2.55. The molecule has 0 fully saturated rings. The summed E-state index contributed by atoms with van der Waals surface area (Å²) in [4.78, 5) is 3.06. The highest BCUT2D eigenvalue weighted by atomic mass is 35.5. The molecule has 3 rings (SSSR count). The minimum Gasteiger partial charge on any atom is -0.361 e. The zero-order valence-corrected chi connectivity index (χ0v) is 13.0. The minimum absolute atomic E-state index is 0.502. The first kappa shape index (κ1) is 14.7. The van der Waals surface area contributed by atoms with Crippen LogP contribution in [0.3, 0.4) is 0 Å². The third kappa shape index (κ3) is 3.32. The number of rotatable bonds is 4. The second kappa shape index (κ2) is 5.87. The first-order valence-electron chi connectivity index (χ1n) is 6.56. The molecule has 6 heteroatoms. The standard InChI is InChI=1S/C16H13ClN2O2S/c17-15-4-2-1-3-12(15)8-10-22(20,21)19-14-5-6-16-13(11-14)7-9-18-16/h1-11,18-19H/b10-8+. The average molecular weight is 333 g/mol. The zero-order valence-electron chi connectivity index (χ0n) is 11.5. The van der Waals surface area contributed by atoms with Crippen molar-refractivity contribution in [2.24, 2.45) is 0 Å². The second-order valence-corrected chi connectivity index (χ2v) is 6.72. The van der Waals surface area contributed by atoms with Crippen LogP contribution in [-0.4, -0.2) is 13.4 Å². The lowest BCUT2D eigenvalue weighted by atomic mass is 10.2. The van der Waals surface area contributed by atoms with Crippen LogP contribution in [0.15, 0.2) is 60.1 Å². The molecule has 0 spiro atoms. The number of fused-ring (bicyclic) bond motifs is 1. The third-order valence-electron chi connectivity index (χ3n) is 3.15. The minimum atomic E-state index is -3.60. The average Bonchev–Trinajstić information content (AvgIpc) is 2.93. The van der Waals surface area contributed by atoms with Crippen LogP contribution in [0.1, 0.15) is 5.56 Å². The molecule has 0 unspecified atom stereocenters. The predicted octanol–water partition coefficient (Wildman–Crippen LogP) is 4.23. The highest BCUT2D eigenvalue weighted by Crippen LogP contribution is 2.20. The molecule has 0 aliphatic heterocycles. The summed E-state index contributed by atoms with van der Waals surface area (Å²) >= 11 is 6.00. The maximum atomic E-state index is 12.1. The fraction of sp³-hybridized carbons (Fsp3) is 0. The Labute approximate surface area is 133 Å². The summed E-state index contributed by atoms with van der Waals surface area (Å²) in [5.74, 6) is 0. The summed E-state index contributed by atoms with van der Waals surface area (Å²) in [5.41, 5.74) is 2.11. The molecule has 0 radical (unpaired) electrons. The van der Waals surface area contributed by atoms with E-state index in [2.05, 4.69) is 9.71 Å². The number of H-pyrrole nitrogens is 1. The molecule has 1 heterocycles. The highest BCUT2D eigenvalue weighted by Gasteiger charge is 2.07. The Bertz CT molecular complexity index is 945. The van der Waals surface area contributed by atoms with E-state index in [1.807, 2.05) is 12.1 Å². The number of aromatic nitrogens is 1. The number of aromatic amines is 1. The van der Waals surface area contributed by atoms with Crippen LogP contribution in [0.25, 0.3) is 17.0 Å². The van der Waals surface area contributed by atoms with Crippen molar-refractivity contribution in [2.45, 2.75) is 0 Å². The SMILES string of the molecule is O=S(=O)(/C=C/c1ccccc1Cl)Nc1ccc2[nH]ccc2c1. The Morgan fingerprint density at radius 1 is 1.09 bits per heavy atom. The molecular weight excluding hydrogens is 320 g/mol. The summed E-state index contributed by atoms with van der Waals surface area (Å²) in [6.45, 7) is 0. The summed E-state index contributed by atoms with van der Waals surface area (Å²) < 4.78 is 26.7. The Balaban J connectivity index is 1.82. The summed E-state index contributed by atoms with van der Waals surface area (Å²) in [6, 6.07) is 14.2. The Kier molecular flexibility index (Phi) is 3.92. The molecule has 0 aliphatic rings. The topological polar surface area (TPSA) is 62.0 Å². The molecule has 1 aromatic heterocycles. The second-order valence-electron chi connectivity index (χ2n) is 4.75. The Morgan fingerprint density at radius 3 is 2.73 bits per heavy atom. The van der Waals surface area contributed by atoms with Gasteiger partial charge in [0.05, 0.1) is 5.41 Å². The van der Waals surface area contributed by atoms with Gasteiger partial charge in [0.2, 0.25) is 0 Å². The summed E-state index contributed by atoms with van der Waals surface area (Å²) in [6.07, 6.45) is 3.28. The lowest BCUT2D eigenvalue weighted by Crippen LogP contribution is -2.08. The van der Waals surface area contributed by atoms with Crippen molar-refractivity contribution in [1.29, 1.82) is 0 Å². The van der Waals surface area contributed by atoms with Crippen molar-refractivity contribution in [1.82, 2.24) is 4.98 Å². The molecule has 2 N–H and O–H groups in total. The molecule has 0 saturated carbocycles. The van der Waals surface area contributed by atoms with E-state index in [-0.39, 0.29) is 0 Å². The van der Waals surface area contributed by atoms with Crippen LogP contribution in [0.2, 0.25) is 5.02 Å². The molecule has 0 aliphatic carbocycles. The van der Waals surface area contributed by atoms with Gasteiger partial charge in [-0.25, -0.2) is 8.42 Å². The van der Waals surface area contributed by atoms with E-state index in [0.717, 1.165) is 16.3 Å². The third-order valence-corrected chi connectivity index (χ3v) is 4.50. The van der Waals surface area contributed by atoms with Gasteiger partial charge in [-0.2, -0.15) is 0 Å². The van der Waals surface area contributed by atoms with E-state index < -0.39 is 10.0 Å². The van der Waals surface area contributed by atoms with Crippen molar-refractivity contribution in [3.05, 3.63) is 70.7 Å². The quantitative estimate of drug-likeness (QED) is 0.750. The number of hydrogen-bond donors (Lipinski definition) is 2. The molecule has 0 atom stereocenters. The van der Waals surface area contributed by atoms with Crippen LogP contribution in [0.4, 0.5) is 5.69 Å². The van der Waals surface area contributed by atoms with E-state index in [1.54, 1.807) is 42.6 Å². The number of halogens is 1. The van der Waals surface area contributed by atoms with Crippen LogP contribution in [0.5, 0.6) is 0 Å². The summed E-state index contributed by atoms with van der Waals surface area (Å²) in [7, 11) is -3.60. The molecule has 112 valence electrons. The van der Waals surface area contributed by atoms with Gasteiger partial charge >= 0.3 is 0 Å². The smallest absolute Gasteiger partial charge is 0.255 e. The predicted molar refractivity (Wildman–Crippen MR) is 91.3 cm³/mol. The Hall–Kier alpha value is -2.24. The van der Waals surface area contributed by atoms with Crippen LogP contribution < -0.4 is 4.72 Å². The molecule has 0 amide bonds. The van der Waals surface area contributed by atoms with Crippen molar-refractivity contribution in [3.8, 4) is 0 Å². The lowest BCUT2D eigenvalue weighted by Gasteiger charge is -2.04. The van der Waals surface area contributed by atoms with Crippen LogP contribution in [-0.2, 0) is 10.0 Å². The van der Waals surface area contributed by atoms with Gasteiger partial charge in [-0.1, -0.05) is 29.8 Å². The first-order valence-corrected chi connectivity index (χ1v) is 8.48. The molecule has 3 aromatic rings. The van der Waals surface area contributed by atoms with Crippen molar-refractivity contribution < 1.29 is 8.42 Å². The first-order chi connectivity index (χ1) is 10.5. The van der Waals surface area contributed by atoms with E-state index in [1.165, 1.54) is 6.08 Å². The molecule has 2 aromatic carbocycles. The van der Waals surface area contributed by atoms with E-state index in [0.29, 0.717) is 16.3 Å². The maximum Gasteiger partial charge on any atom is 0.255 e. The van der Waals surface area contributed by atoms with Gasteiger partial charge in [-0.3, -0.25) is 4.72 Å². The van der Waals surface area contributed by atoms with Gasteiger partial charge in [0.15, 0.2) is 0 Å². The normalized spacial score (nSPS) is 12.0. The molecule has 22 heavy (non-hydrogen) atoms. The molecule has 0 saturated heterocycles. The maximum absolute atomic E-state index is 12.1. The fourth-order valence-corrected chi connectivity index (χ4v) is 3.14. The van der Waals surface area contributed by atoms with Gasteiger partial charge in [0, 0.05) is 27.8 Å². The molecule has 0 bridgehead atoms. The number of sulfonamides is 1. The van der Waals surface area contributed by atoms with E-state index in [9.17, 15) is 8.42 Å². The van der Waals surface area contributed by atoms with Crippen LogP contribution in [0, 0.1) is 0 Å². The van der Waals surface area contributed by atoms with E-state index in [4.69, 9.17) is 11.6 Å². The number of anilines is 1. The van der Waals surface area contributed by atoms with Gasteiger partial charge < -0.3 is 4.98 Å². The highest BCUT2D eigenvalue weighted by molar-refractivity contribution is 7.95. The van der Waals surface area contributed by atoms with Gasteiger partial charge in [-0.15, -0.1) is 0 Å². The zero-order chi connectivity index (χ0) is 15.6. The number of benzene rings is 2. The Morgan fingerprint density at radius 2 is 1.91 bits per heavy atom. The van der Waals surface area contributed by atoms with Gasteiger partial charge in [-0.05, 0) is 42.0 Å². The monoisotopic (exact) mass is 332 g/mol. The van der Waals surface area contributed by atoms with Gasteiger partial charge in [0.25, 0.3) is 10.0 Å².